The zero-order valence-electron chi connectivity index (χ0n) is 12.9. The molecule has 2 aromatic rings. The maximum absolute atomic E-state index is 12.2. The van der Waals surface area contributed by atoms with Gasteiger partial charge in [-0.3, -0.25) is 4.79 Å². The van der Waals surface area contributed by atoms with Gasteiger partial charge in [0.1, 0.15) is 0 Å². The Labute approximate surface area is 126 Å². The number of nitrogens with one attached hydrogen (secondary N) is 1. The van der Waals surface area contributed by atoms with E-state index in [0.29, 0.717) is 5.56 Å². The van der Waals surface area contributed by atoms with Gasteiger partial charge in [0.15, 0.2) is 0 Å². The maximum atomic E-state index is 12.2. The van der Waals surface area contributed by atoms with Crippen LogP contribution in [0.4, 0.5) is 11.4 Å². The molecule has 0 saturated carbocycles. The van der Waals surface area contributed by atoms with E-state index < -0.39 is 0 Å². The smallest absolute Gasteiger partial charge is 0.255 e. The summed E-state index contributed by atoms with van der Waals surface area (Å²) in [6.07, 6.45) is 0. The van der Waals surface area contributed by atoms with Crippen molar-refractivity contribution in [3.63, 3.8) is 0 Å². The van der Waals surface area contributed by atoms with Crippen LogP contribution >= 0.6 is 0 Å². The van der Waals surface area contributed by atoms with Gasteiger partial charge in [0.25, 0.3) is 5.91 Å². The quantitative estimate of drug-likeness (QED) is 0.895. The van der Waals surface area contributed by atoms with Crippen molar-refractivity contribution < 1.29 is 4.79 Å². The van der Waals surface area contributed by atoms with Crippen LogP contribution in [0.3, 0.4) is 0 Å². The molecule has 21 heavy (non-hydrogen) atoms. The van der Waals surface area contributed by atoms with Crippen LogP contribution in [-0.2, 0) is 0 Å². The van der Waals surface area contributed by atoms with Crippen molar-refractivity contribution >= 4 is 17.3 Å². The summed E-state index contributed by atoms with van der Waals surface area (Å²) in [7, 11) is 0. The number of benzene rings is 2. The molecule has 0 saturated heterocycles. The molecule has 3 nitrogen and oxygen atoms in total. The van der Waals surface area contributed by atoms with Crippen molar-refractivity contribution in [3.8, 4) is 0 Å². The highest BCUT2D eigenvalue weighted by atomic mass is 16.1. The average Bonchev–Trinajstić information content (AvgIpc) is 2.49. The van der Waals surface area contributed by atoms with Crippen molar-refractivity contribution in [2.75, 3.05) is 23.3 Å². The molecule has 1 amide bonds. The van der Waals surface area contributed by atoms with Gasteiger partial charge < -0.3 is 10.2 Å². The van der Waals surface area contributed by atoms with Gasteiger partial charge in [0, 0.05) is 30.0 Å². The monoisotopic (exact) mass is 282 g/mol. The lowest BCUT2D eigenvalue weighted by atomic mass is 10.1. The topological polar surface area (TPSA) is 32.3 Å². The summed E-state index contributed by atoms with van der Waals surface area (Å²) in [6, 6.07) is 15.5. The van der Waals surface area contributed by atoms with Gasteiger partial charge in [-0.15, -0.1) is 0 Å². The fraction of sp³-hybridized carbons (Fsp3) is 0.278. The second-order valence-corrected chi connectivity index (χ2v) is 5.04. The van der Waals surface area contributed by atoms with Gasteiger partial charge in [-0.1, -0.05) is 12.1 Å². The largest absolute Gasteiger partial charge is 0.372 e. The summed E-state index contributed by atoms with van der Waals surface area (Å²) in [6.45, 7) is 8.19. The van der Waals surface area contributed by atoms with Gasteiger partial charge in [0.2, 0.25) is 0 Å². The first-order valence-electron chi connectivity index (χ1n) is 7.37. The molecule has 0 aromatic heterocycles. The van der Waals surface area contributed by atoms with Crippen molar-refractivity contribution in [3.05, 3.63) is 59.7 Å². The minimum atomic E-state index is -0.0771. The highest BCUT2D eigenvalue weighted by molar-refractivity contribution is 6.04. The average molecular weight is 282 g/mol. The number of carbonyl (C=O) groups excluding carboxylic acids is 1. The van der Waals surface area contributed by atoms with Crippen molar-refractivity contribution in [2.24, 2.45) is 0 Å². The van der Waals surface area contributed by atoms with Crippen molar-refractivity contribution in [1.29, 1.82) is 0 Å². The minimum Gasteiger partial charge on any atom is -0.372 e. The first-order valence-corrected chi connectivity index (χ1v) is 7.37. The second kappa shape index (κ2) is 6.93. The maximum Gasteiger partial charge on any atom is 0.255 e. The summed E-state index contributed by atoms with van der Waals surface area (Å²) < 4.78 is 0. The third-order valence-electron chi connectivity index (χ3n) is 3.53. The molecule has 0 aliphatic carbocycles. The van der Waals surface area contributed by atoms with E-state index in [4.69, 9.17) is 0 Å². The molecule has 3 heteroatoms. The highest BCUT2D eigenvalue weighted by Gasteiger charge is 2.07. The predicted octanol–water partition coefficient (Wildman–Crippen LogP) is 4.09. The normalized spacial score (nSPS) is 10.2. The van der Waals surface area contributed by atoms with Crippen LogP contribution in [0.15, 0.2) is 48.5 Å². The van der Waals surface area contributed by atoms with E-state index in [1.807, 2.05) is 55.5 Å². The van der Waals surface area contributed by atoms with Crippen LogP contribution in [-0.4, -0.2) is 19.0 Å². The molecule has 2 aromatic carbocycles. The minimum absolute atomic E-state index is 0.0771. The van der Waals surface area contributed by atoms with E-state index in [0.717, 1.165) is 30.0 Å². The molecular weight excluding hydrogens is 260 g/mol. The zero-order chi connectivity index (χ0) is 15.2. The molecule has 2 rings (SSSR count). The van der Waals surface area contributed by atoms with E-state index in [1.54, 1.807) is 0 Å². The van der Waals surface area contributed by atoms with Gasteiger partial charge in [-0.05, 0) is 62.7 Å². The number of aryl methyl sites for hydroxylation is 1. The summed E-state index contributed by atoms with van der Waals surface area (Å²) in [4.78, 5) is 14.5. The van der Waals surface area contributed by atoms with Crippen LogP contribution in [0, 0.1) is 6.92 Å². The van der Waals surface area contributed by atoms with Gasteiger partial charge >= 0.3 is 0 Å². The number of rotatable bonds is 5. The second-order valence-electron chi connectivity index (χ2n) is 5.04. The van der Waals surface area contributed by atoms with E-state index >= 15 is 0 Å². The molecule has 0 unspecified atom stereocenters. The van der Waals surface area contributed by atoms with Crippen LogP contribution in [0.1, 0.15) is 29.8 Å². The zero-order valence-corrected chi connectivity index (χ0v) is 12.9. The Kier molecular flexibility index (Phi) is 4.99. The summed E-state index contributed by atoms with van der Waals surface area (Å²) >= 11 is 0. The molecular formula is C18H22N2O. The molecule has 0 spiro atoms. The van der Waals surface area contributed by atoms with Gasteiger partial charge in [-0.25, -0.2) is 0 Å². The Bertz CT molecular complexity index is 601. The Morgan fingerprint density at radius 1 is 1.05 bits per heavy atom. The predicted molar refractivity (Wildman–Crippen MR) is 89.1 cm³/mol. The van der Waals surface area contributed by atoms with Crippen LogP contribution in [0.25, 0.3) is 0 Å². The Hall–Kier alpha value is -2.29. The lowest BCUT2D eigenvalue weighted by molar-refractivity contribution is 0.102. The Morgan fingerprint density at radius 2 is 1.71 bits per heavy atom. The molecule has 0 heterocycles. The third kappa shape index (κ3) is 3.85. The number of carbonyl (C=O) groups is 1. The first kappa shape index (κ1) is 15.1. The number of amides is 1. The van der Waals surface area contributed by atoms with Gasteiger partial charge in [-0.2, -0.15) is 0 Å². The molecule has 0 fully saturated rings. The summed E-state index contributed by atoms with van der Waals surface area (Å²) in [5, 5.41) is 2.92. The number of hydrogen-bond acceptors (Lipinski definition) is 2. The molecule has 0 radical (unpaired) electrons. The highest BCUT2D eigenvalue weighted by Crippen LogP contribution is 2.16. The van der Waals surface area contributed by atoms with Gasteiger partial charge in [0.05, 0.1) is 0 Å². The fourth-order valence-electron chi connectivity index (χ4n) is 2.34. The fourth-order valence-corrected chi connectivity index (χ4v) is 2.34. The standard InChI is InChI=1S/C18H22N2O/c1-4-20(5-2)17-11-9-15(10-12-17)18(21)19-16-8-6-7-14(3)13-16/h6-13H,4-5H2,1-3H3,(H,19,21). The number of anilines is 2. The van der Waals surface area contributed by atoms with Crippen LogP contribution in [0.2, 0.25) is 0 Å². The molecule has 0 bridgehead atoms. The van der Waals surface area contributed by atoms with E-state index in [-0.39, 0.29) is 5.91 Å². The van der Waals surface area contributed by atoms with E-state index in [9.17, 15) is 4.79 Å². The van der Waals surface area contributed by atoms with E-state index in [1.165, 1.54) is 0 Å². The molecule has 0 atom stereocenters. The molecule has 110 valence electrons. The molecule has 1 N–H and O–H groups in total. The SMILES string of the molecule is CCN(CC)c1ccc(C(=O)Nc2cccc(C)c2)cc1. The van der Waals surface area contributed by atoms with E-state index in [2.05, 4.69) is 24.1 Å². The lowest BCUT2D eigenvalue weighted by Crippen LogP contribution is -2.21. The van der Waals surface area contributed by atoms with Crippen molar-refractivity contribution in [2.45, 2.75) is 20.8 Å². The third-order valence-corrected chi connectivity index (χ3v) is 3.53. The molecule has 0 aliphatic heterocycles. The lowest BCUT2D eigenvalue weighted by Gasteiger charge is -2.21. The van der Waals surface area contributed by atoms with Crippen LogP contribution < -0.4 is 10.2 Å². The summed E-state index contributed by atoms with van der Waals surface area (Å²) in [5.74, 6) is -0.0771. The summed E-state index contributed by atoms with van der Waals surface area (Å²) in [5.41, 5.74) is 3.78. The van der Waals surface area contributed by atoms with Crippen LogP contribution in [0.5, 0.6) is 0 Å². The molecule has 0 aliphatic rings. The first-order chi connectivity index (χ1) is 10.1. The van der Waals surface area contributed by atoms with Crippen molar-refractivity contribution in [1.82, 2.24) is 0 Å². The number of nitrogens with zero attached hydrogens (tertiary/aromatic N) is 1. The Balaban J connectivity index is 2.09. The number of hydrogen-bond donors (Lipinski definition) is 1. The Morgan fingerprint density at radius 3 is 2.29 bits per heavy atom.